The van der Waals surface area contributed by atoms with E-state index in [0.717, 1.165) is 46.6 Å². The number of hydrogen-bond donors (Lipinski definition) is 1. The number of nitrogens with zero attached hydrogens (tertiary/aromatic N) is 4. The van der Waals surface area contributed by atoms with Crippen LogP contribution in [0.15, 0.2) is 49.2 Å². The Balaban J connectivity index is 1.60. The fourth-order valence-electron chi connectivity index (χ4n) is 4.84. The van der Waals surface area contributed by atoms with E-state index in [1.807, 2.05) is 19.2 Å². The molecule has 1 saturated heterocycles. The van der Waals surface area contributed by atoms with Crippen molar-refractivity contribution in [3.63, 3.8) is 0 Å². The lowest BCUT2D eigenvalue weighted by Crippen LogP contribution is -2.33. The van der Waals surface area contributed by atoms with Crippen LogP contribution in [0, 0.1) is 0 Å². The second kappa shape index (κ2) is 11.5. The molecule has 9 heteroatoms. The molecular formula is C27H37N5O3S. The van der Waals surface area contributed by atoms with Crippen molar-refractivity contribution in [2.24, 2.45) is 0 Å². The topological polar surface area (TPSA) is 89.4 Å². The van der Waals surface area contributed by atoms with Crippen LogP contribution in [0.5, 0.6) is 0 Å². The summed E-state index contributed by atoms with van der Waals surface area (Å²) in [7, 11) is -2.98. The first-order valence-corrected chi connectivity index (χ1v) is 14.7. The number of hydrogen-bond acceptors (Lipinski definition) is 7. The molecule has 0 unspecified atom stereocenters. The van der Waals surface area contributed by atoms with E-state index in [1.54, 1.807) is 0 Å². The SMILES string of the molecule is C=C[C@H]1CC[C@H](C)N1c1ccc(-c2nc3cc(CNCCS(C)(=O)=O)ccc3n2CCOCC)cn1. The summed E-state index contributed by atoms with van der Waals surface area (Å²) in [4.78, 5) is 12.1. The minimum atomic E-state index is -2.98. The Bertz CT molecular complexity index is 1290. The summed E-state index contributed by atoms with van der Waals surface area (Å²) in [5.41, 5.74) is 3.95. The van der Waals surface area contributed by atoms with Crippen LogP contribution >= 0.6 is 0 Å². The third kappa shape index (κ3) is 6.14. The zero-order valence-corrected chi connectivity index (χ0v) is 22.3. The quantitative estimate of drug-likeness (QED) is 0.292. The maximum Gasteiger partial charge on any atom is 0.148 e. The molecule has 8 nitrogen and oxygen atoms in total. The Hall–Kier alpha value is -2.75. The van der Waals surface area contributed by atoms with Crippen LogP contribution in [0.25, 0.3) is 22.4 Å². The first kappa shape index (κ1) is 26.3. The highest BCUT2D eigenvalue weighted by molar-refractivity contribution is 7.90. The second-order valence-electron chi connectivity index (χ2n) is 9.46. The molecule has 3 heterocycles. The normalized spacial score (nSPS) is 18.2. The zero-order valence-electron chi connectivity index (χ0n) is 21.5. The number of aromatic nitrogens is 3. The van der Waals surface area contributed by atoms with Crippen molar-refractivity contribution >= 4 is 26.7 Å². The van der Waals surface area contributed by atoms with E-state index >= 15 is 0 Å². The average Bonchev–Trinajstić information content (AvgIpc) is 3.41. The summed E-state index contributed by atoms with van der Waals surface area (Å²) in [6.45, 7) is 11.2. The van der Waals surface area contributed by atoms with Gasteiger partial charge in [0.25, 0.3) is 0 Å². The van der Waals surface area contributed by atoms with Crippen LogP contribution in [0.4, 0.5) is 5.82 Å². The number of imidazole rings is 1. The summed E-state index contributed by atoms with van der Waals surface area (Å²) < 4.78 is 30.6. The molecule has 1 aliphatic heterocycles. The van der Waals surface area contributed by atoms with Gasteiger partial charge in [-0.1, -0.05) is 12.1 Å². The van der Waals surface area contributed by atoms with Gasteiger partial charge >= 0.3 is 0 Å². The molecule has 2 aromatic heterocycles. The smallest absolute Gasteiger partial charge is 0.148 e. The van der Waals surface area contributed by atoms with E-state index in [4.69, 9.17) is 14.7 Å². The molecule has 3 aromatic rings. The number of fused-ring (bicyclic) bond motifs is 1. The van der Waals surface area contributed by atoms with Gasteiger partial charge in [-0.15, -0.1) is 6.58 Å². The highest BCUT2D eigenvalue weighted by Gasteiger charge is 2.29. The molecule has 1 N–H and O–H groups in total. The Morgan fingerprint density at radius 2 is 2.08 bits per heavy atom. The van der Waals surface area contributed by atoms with E-state index in [1.165, 1.54) is 6.26 Å². The van der Waals surface area contributed by atoms with Gasteiger partial charge in [0.05, 0.1) is 23.4 Å². The Kier molecular flexibility index (Phi) is 8.43. The molecule has 0 aliphatic carbocycles. The minimum Gasteiger partial charge on any atom is -0.380 e. The number of sulfone groups is 1. The van der Waals surface area contributed by atoms with E-state index in [9.17, 15) is 8.42 Å². The monoisotopic (exact) mass is 511 g/mol. The van der Waals surface area contributed by atoms with Gasteiger partial charge < -0.3 is 19.5 Å². The summed E-state index contributed by atoms with van der Waals surface area (Å²) >= 11 is 0. The van der Waals surface area contributed by atoms with Gasteiger partial charge in [0, 0.05) is 56.3 Å². The summed E-state index contributed by atoms with van der Waals surface area (Å²) in [5, 5.41) is 3.21. The second-order valence-corrected chi connectivity index (χ2v) is 11.7. The van der Waals surface area contributed by atoms with Gasteiger partial charge in [0.1, 0.15) is 21.5 Å². The molecule has 2 atom stereocenters. The molecule has 1 aromatic carbocycles. The molecular weight excluding hydrogens is 474 g/mol. The molecule has 1 fully saturated rings. The first-order chi connectivity index (χ1) is 17.3. The molecule has 36 heavy (non-hydrogen) atoms. The summed E-state index contributed by atoms with van der Waals surface area (Å²) in [6.07, 6.45) is 7.42. The molecule has 0 radical (unpaired) electrons. The van der Waals surface area contributed by atoms with Gasteiger partial charge in [-0.05, 0) is 56.5 Å². The van der Waals surface area contributed by atoms with Crippen LogP contribution in [-0.2, 0) is 27.7 Å². The number of nitrogens with one attached hydrogen (secondary N) is 1. The standard InChI is InChI=1S/C27H37N5O3S/c1-5-23-10-7-20(3)32(23)26-12-9-22(19-29-26)27-30-24-17-21(18-28-13-16-36(4,33)34)8-11-25(24)31(27)14-15-35-6-2/h5,8-9,11-12,17,19-20,23,28H,1,6-7,10,13-16,18H2,2-4H3/t20-,23-/m0/s1. The number of benzene rings is 1. The van der Waals surface area contributed by atoms with Gasteiger partial charge in [-0.25, -0.2) is 18.4 Å². The van der Waals surface area contributed by atoms with E-state index < -0.39 is 9.84 Å². The lowest BCUT2D eigenvalue weighted by Gasteiger charge is -2.27. The fraction of sp³-hybridized carbons (Fsp3) is 0.481. The predicted octanol–water partition coefficient (Wildman–Crippen LogP) is 3.81. The Morgan fingerprint density at radius 1 is 1.25 bits per heavy atom. The molecule has 0 bridgehead atoms. The number of pyridine rings is 1. The Labute approximate surface area is 214 Å². The van der Waals surface area contributed by atoms with Crippen LogP contribution in [0.3, 0.4) is 0 Å². The summed E-state index contributed by atoms with van der Waals surface area (Å²) in [6, 6.07) is 11.1. The van der Waals surface area contributed by atoms with Crippen molar-refractivity contribution in [2.45, 2.75) is 51.9 Å². The van der Waals surface area contributed by atoms with Crippen LogP contribution < -0.4 is 10.2 Å². The molecule has 0 saturated carbocycles. The highest BCUT2D eigenvalue weighted by Crippen LogP contribution is 2.31. The van der Waals surface area contributed by atoms with Crippen molar-refractivity contribution in [2.75, 3.05) is 36.7 Å². The van der Waals surface area contributed by atoms with Crippen molar-refractivity contribution in [1.82, 2.24) is 19.9 Å². The third-order valence-electron chi connectivity index (χ3n) is 6.71. The first-order valence-electron chi connectivity index (χ1n) is 12.6. The van der Waals surface area contributed by atoms with Gasteiger partial charge in [-0.3, -0.25) is 0 Å². The van der Waals surface area contributed by atoms with E-state index in [2.05, 4.69) is 58.6 Å². The predicted molar refractivity (Wildman–Crippen MR) is 146 cm³/mol. The minimum absolute atomic E-state index is 0.123. The van der Waals surface area contributed by atoms with Crippen molar-refractivity contribution in [3.05, 3.63) is 54.7 Å². The fourth-order valence-corrected chi connectivity index (χ4v) is 5.35. The lowest BCUT2D eigenvalue weighted by molar-refractivity contribution is 0.140. The molecule has 4 rings (SSSR count). The van der Waals surface area contributed by atoms with Crippen LogP contribution in [0.2, 0.25) is 0 Å². The summed E-state index contributed by atoms with van der Waals surface area (Å²) in [5.74, 6) is 1.95. The number of rotatable bonds is 12. The van der Waals surface area contributed by atoms with Gasteiger partial charge in [0.2, 0.25) is 0 Å². The zero-order chi connectivity index (χ0) is 25.7. The molecule has 0 amide bonds. The maximum absolute atomic E-state index is 11.4. The van der Waals surface area contributed by atoms with E-state index in [0.29, 0.717) is 44.9 Å². The van der Waals surface area contributed by atoms with Crippen molar-refractivity contribution in [3.8, 4) is 11.4 Å². The number of anilines is 1. The Morgan fingerprint density at radius 3 is 2.78 bits per heavy atom. The molecule has 0 spiro atoms. The lowest BCUT2D eigenvalue weighted by atomic mass is 10.2. The third-order valence-corrected chi connectivity index (χ3v) is 7.66. The van der Waals surface area contributed by atoms with E-state index in [-0.39, 0.29) is 5.75 Å². The van der Waals surface area contributed by atoms with Crippen molar-refractivity contribution < 1.29 is 13.2 Å². The largest absolute Gasteiger partial charge is 0.380 e. The van der Waals surface area contributed by atoms with Crippen LogP contribution in [-0.4, -0.2) is 66.8 Å². The molecule has 1 aliphatic rings. The van der Waals surface area contributed by atoms with Crippen molar-refractivity contribution in [1.29, 1.82) is 0 Å². The number of ether oxygens (including phenoxy) is 1. The maximum atomic E-state index is 11.4. The van der Waals surface area contributed by atoms with Crippen LogP contribution in [0.1, 0.15) is 32.3 Å². The van der Waals surface area contributed by atoms with Gasteiger partial charge in [-0.2, -0.15) is 0 Å². The molecule has 194 valence electrons. The highest BCUT2D eigenvalue weighted by atomic mass is 32.2. The van der Waals surface area contributed by atoms with Gasteiger partial charge in [0.15, 0.2) is 0 Å². The average molecular weight is 512 g/mol.